The molecule has 0 saturated carbocycles. The Kier molecular flexibility index (Phi) is 4.98. The number of aliphatic carboxylic acids is 1. The van der Waals surface area contributed by atoms with E-state index in [-0.39, 0.29) is 12.0 Å². The van der Waals surface area contributed by atoms with E-state index in [9.17, 15) is 14.0 Å². The first-order valence-corrected chi connectivity index (χ1v) is 5.30. The number of carboxylic acid groups (broad SMARTS) is 1. The highest BCUT2D eigenvalue weighted by atomic mass is 19.1. The summed E-state index contributed by atoms with van der Waals surface area (Å²) in [6.07, 6.45) is 5.62. The van der Waals surface area contributed by atoms with Crippen LogP contribution in [0, 0.1) is 5.82 Å². The van der Waals surface area contributed by atoms with Crippen LogP contribution >= 0.6 is 0 Å². The van der Waals surface area contributed by atoms with Crippen LogP contribution in [0.2, 0.25) is 0 Å². The minimum Gasteiger partial charge on any atom is -0.480 e. The Morgan fingerprint density at radius 3 is 2.83 bits per heavy atom. The van der Waals surface area contributed by atoms with Crippen molar-refractivity contribution in [3.63, 3.8) is 0 Å². The Bertz CT molecular complexity index is 474. The van der Waals surface area contributed by atoms with Crippen molar-refractivity contribution in [2.75, 3.05) is 0 Å². The number of rotatable bonds is 5. The van der Waals surface area contributed by atoms with Gasteiger partial charge in [0.1, 0.15) is 11.9 Å². The summed E-state index contributed by atoms with van der Waals surface area (Å²) in [5, 5.41) is 11.2. The smallest absolute Gasteiger partial charge is 0.326 e. The summed E-state index contributed by atoms with van der Waals surface area (Å²) in [6, 6.07) is -0.0475. The molecule has 0 radical (unpaired) electrons. The third-order valence-corrected chi connectivity index (χ3v) is 2.18. The second-order valence-electron chi connectivity index (χ2n) is 3.56. The van der Waals surface area contributed by atoms with E-state index in [0.29, 0.717) is 0 Å². The molecule has 5 nitrogen and oxygen atoms in total. The van der Waals surface area contributed by atoms with Crippen LogP contribution in [0.25, 0.3) is 0 Å². The Hall–Kier alpha value is -2.24. The highest BCUT2D eigenvalue weighted by molar-refractivity contribution is 5.96. The molecule has 18 heavy (non-hydrogen) atoms. The fraction of sp³-hybridized carbons (Fsp3) is 0.250. The maximum Gasteiger partial charge on any atom is 0.326 e. The minimum atomic E-state index is -1.15. The normalized spacial score (nSPS) is 12.3. The van der Waals surface area contributed by atoms with Gasteiger partial charge >= 0.3 is 5.97 Å². The molecule has 1 atom stereocenters. The van der Waals surface area contributed by atoms with Gasteiger partial charge in [0.2, 0.25) is 0 Å². The van der Waals surface area contributed by atoms with Crippen molar-refractivity contribution in [3.8, 4) is 0 Å². The van der Waals surface area contributed by atoms with E-state index in [2.05, 4.69) is 10.3 Å². The predicted octanol–water partition coefficient (Wildman–Crippen LogP) is 1.37. The van der Waals surface area contributed by atoms with Crippen LogP contribution in [0.1, 0.15) is 23.7 Å². The number of hydrogen-bond donors (Lipinski definition) is 2. The zero-order valence-corrected chi connectivity index (χ0v) is 9.76. The number of carbonyl (C=O) groups is 2. The van der Waals surface area contributed by atoms with E-state index in [1.54, 1.807) is 19.1 Å². The van der Waals surface area contributed by atoms with Crippen LogP contribution in [0.4, 0.5) is 4.39 Å². The van der Waals surface area contributed by atoms with Gasteiger partial charge in [0, 0.05) is 6.20 Å². The second-order valence-corrected chi connectivity index (χ2v) is 3.56. The van der Waals surface area contributed by atoms with Crippen molar-refractivity contribution in [2.45, 2.75) is 19.4 Å². The van der Waals surface area contributed by atoms with Crippen LogP contribution in [0.15, 0.2) is 30.6 Å². The number of carbonyl (C=O) groups excluding carboxylic acids is 1. The van der Waals surface area contributed by atoms with E-state index < -0.39 is 23.7 Å². The predicted molar refractivity (Wildman–Crippen MR) is 62.5 cm³/mol. The van der Waals surface area contributed by atoms with Gasteiger partial charge in [-0.1, -0.05) is 12.2 Å². The standard InChI is InChI=1S/C12H13FN2O3/c1-2-3-4-10(12(17)18)15-11(16)8-5-9(13)7-14-6-8/h2-3,5-7,10H,4H2,1H3,(H,15,16)(H,17,18)/b3-2+. The Labute approximate surface area is 103 Å². The molecule has 0 aromatic carbocycles. The van der Waals surface area contributed by atoms with E-state index in [1.165, 1.54) is 6.20 Å². The molecule has 1 unspecified atom stereocenters. The number of carboxylic acids is 1. The molecule has 0 fully saturated rings. The largest absolute Gasteiger partial charge is 0.480 e. The number of allylic oxidation sites excluding steroid dienone is 1. The third-order valence-electron chi connectivity index (χ3n) is 2.18. The molecule has 1 rings (SSSR count). The molecule has 6 heteroatoms. The summed E-state index contributed by atoms with van der Waals surface area (Å²) >= 11 is 0. The monoisotopic (exact) mass is 252 g/mol. The first-order valence-electron chi connectivity index (χ1n) is 5.30. The van der Waals surface area contributed by atoms with Gasteiger partial charge in [0.15, 0.2) is 0 Å². The summed E-state index contributed by atoms with van der Waals surface area (Å²) in [5.41, 5.74) is -0.0123. The molecular formula is C12H13FN2O3. The van der Waals surface area contributed by atoms with Crippen LogP contribution in [0.3, 0.4) is 0 Å². The highest BCUT2D eigenvalue weighted by Gasteiger charge is 2.19. The van der Waals surface area contributed by atoms with Gasteiger partial charge in [0.25, 0.3) is 5.91 Å². The maximum atomic E-state index is 12.9. The lowest BCUT2D eigenvalue weighted by atomic mass is 10.1. The first kappa shape index (κ1) is 13.8. The summed E-state index contributed by atoms with van der Waals surface area (Å²) < 4.78 is 12.9. The molecule has 1 amide bonds. The molecule has 1 aromatic rings. The third kappa shape index (κ3) is 3.97. The summed E-state index contributed by atoms with van der Waals surface area (Å²) in [5.74, 6) is -2.47. The number of nitrogens with one attached hydrogen (secondary N) is 1. The Morgan fingerprint density at radius 1 is 1.56 bits per heavy atom. The van der Waals surface area contributed by atoms with Gasteiger partial charge in [-0.25, -0.2) is 9.18 Å². The number of hydrogen-bond acceptors (Lipinski definition) is 3. The van der Waals surface area contributed by atoms with Crippen molar-refractivity contribution >= 4 is 11.9 Å². The van der Waals surface area contributed by atoms with Crippen molar-refractivity contribution < 1.29 is 19.1 Å². The highest BCUT2D eigenvalue weighted by Crippen LogP contribution is 2.03. The Morgan fingerprint density at radius 2 is 2.28 bits per heavy atom. The molecule has 0 spiro atoms. The Balaban J connectivity index is 2.75. The summed E-state index contributed by atoms with van der Waals surface area (Å²) in [4.78, 5) is 26.1. The average molecular weight is 252 g/mol. The van der Waals surface area contributed by atoms with E-state index in [1.807, 2.05) is 0 Å². The fourth-order valence-corrected chi connectivity index (χ4v) is 1.27. The van der Waals surface area contributed by atoms with Gasteiger partial charge in [-0.15, -0.1) is 0 Å². The van der Waals surface area contributed by atoms with Gasteiger partial charge in [0.05, 0.1) is 11.8 Å². The van der Waals surface area contributed by atoms with E-state index in [0.717, 1.165) is 12.3 Å². The molecule has 0 aliphatic carbocycles. The summed E-state index contributed by atoms with van der Waals surface area (Å²) in [6.45, 7) is 1.75. The lowest BCUT2D eigenvalue weighted by Gasteiger charge is -2.12. The molecule has 0 bridgehead atoms. The number of pyridine rings is 1. The minimum absolute atomic E-state index is 0.0123. The second kappa shape index (κ2) is 6.48. The van der Waals surface area contributed by atoms with E-state index in [4.69, 9.17) is 5.11 Å². The van der Waals surface area contributed by atoms with Gasteiger partial charge in [-0.05, 0) is 19.4 Å². The lowest BCUT2D eigenvalue weighted by Crippen LogP contribution is -2.40. The molecule has 0 aliphatic heterocycles. The SMILES string of the molecule is C/C=C/CC(NC(=O)c1cncc(F)c1)C(=O)O. The number of amides is 1. The molecule has 1 heterocycles. The average Bonchev–Trinajstić information content (AvgIpc) is 2.33. The topological polar surface area (TPSA) is 79.3 Å². The zero-order valence-electron chi connectivity index (χ0n) is 9.76. The maximum absolute atomic E-state index is 12.9. The molecule has 0 aliphatic rings. The van der Waals surface area contributed by atoms with Gasteiger partial charge in [-0.3, -0.25) is 9.78 Å². The van der Waals surface area contributed by atoms with Gasteiger partial charge < -0.3 is 10.4 Å². The fourth-order valence-electron chi connectivity index (χ4n) is 1.27. The van der Waals surface area contributed by atoms with Crippen LogP contribution < -0.4 is 5.32 Å². The van der Waals surface area contributed by atoms with Crippen molar-refractivity contribution in [3.05, 3.63) is 42.0 Å². The van der Waals surface area contributed by atoms with Gasteiger partial charge in [-0.2, -0.15) is 0 Å². The molecule has 96 valence electrons. The van der Waals surface area contributed by atoms with Crippen molar-refractivity contribution in [2.24, 2.45) is 0 Å². The molecule has 1 aromatic heterocycles. The molecule has 0 saturated heterocycles. The summed E-state index contributed by atoms with van der Waals surface area (Å²) in [7, 11) is 0. The first-order chi connectivity index (χ1) is 8.54. The van der Waals surface area contributed by atoms with Crippen LogP contribution in [-0.2, 0) is 4.79 Å². The molecule has 2 N–H and O–H groups in total. The lowest BCUT2D eigenvalue weighted by molar-refractivity contribution is -0.139. The van der Waals surface area contributed by atoms with Crippen LogP contribution in [-0.4, -0.2) is 28.0 Å². The van der Waals surface area contributed by atoms with Crippen molar-refractivity contribution in [1.82, 2.24) is 10.3 Å². The van der Waals surface area contributed by atoms with Crippen LogP contribution in [0.5, 0.6) is 0 Å². The molecular weight excluding hydrogens is 239 g/mol. The van der Waals surface area contributed by atoms with Crippen molar-refractivity contribution in [1.29, 1.82) is 0 Å². The quantitative estimate of drug-likeness (QED) is 0.776. The van der Waals surface area contributed by atoms with E-state index >= 15 is 0 Å². The number of nitrogens with zero attached hydrogens (tertiary/aromatic N) is 1. The zero-order chi connectivity index (χ0) is 13.5. The number of aromatic nitrogens is 1. The number of halogens is 1.